The third-order valence-corrected chi connectivity index (χ3v) is 5.62. The summed E-state index contributed by atoms with van der Waals surface area (Å²) < 4.78 is 32.8. The van der Waals surface area contributed by atoms with Gasteiger partial charge in [-0.25, -0.2) is 8.78 Å². The highest BCUT2D eigenvalue weighted by Crippen LogP contribution is 2.25. The van der Waals surface area contributed by atoms with Crippen molar-refractivity contribution < 1.29 is 18.3 Å². The van der Waals surface area contributed by atoms with E-state index in [0.717, 1.165) is 12.3 Å². The normalized spacial score (nSPS) is 16.1. The van der Waals surface area contributed by atoms with Crippen LogP contribution >= 0.6 is 11.6 Å². The standard InChI is InChI=1S/C24H24ClF2N5O2/c1-14(28)23(25)15(2)31-10-17-12-32(13-21(17)29)24(33)20-4-3-18(26)8-22(20)34-6-5-16-7-19(27)11-30-9-16/h3-4,7-11,29H,5-6,12-13,28H2,1-2H3/b17-10+,23-14+,29-21?,31-15+. The Balaban J connectivity index is 1.73. The van der Waals surface area contributed by atoms with Crippen LogP contribution in [0.15, 0.2) is 64.2 Å². The first kappa shape index (κ1) is 25.0. The van der Waals surface area contributed by atoms with Crippen LogP contribution in [0.3, 0.4) is 0 Å². The number of nitrogens with zero attached hydrogens (tertiary/aromatic N) is 3. The molecule has 0 saturated carbocycles. The van der Waals surface area contributed by atoms with Crippen molar-refractivity contribution >= 4 is 28.9 Å². The molecular weight excluding hydrogens is 464 g/mol. The summed E-state index contributed by atoms with van der Waals surface area (Å²) in [5.41, 5.74) is 8.15. The Labute approximate surface area is 201 Å². The molecule has 34 heavy (non-hydrogen) atoms. The van der Waals surface area contributed by atoms with Crippen LogP contribution in [-0.4, -0.2) is 46.9 Å². The number of likely N-dealkylation sites (tertiary alicyclic amines) is 1. The molecule has 1 aliphatic rings. The Morgan fingerprint density at radius 3 is 2.74 bits per heavy atom. The monoisotopic (exact) mass is 487 g/mol. The van der Waals surface area contributed by atoms with Gasteiger partial charge in [-0.2, -0.15) is 0 Å². The summed E-state index contributed by atoms with van der Waals surface area (Å²) in [6.45, 7) is 3.68. The van der Waals surface area contributed by atoms with Gasteiger partial charge in [-0.15, -0.1) is 0 Å². The van der Waals surface area contributed by atoms with Crippen molar-refractivity contribution in [2.75, 3.05) is 19.7 Å². The van der Waals surface area contributed by atoms with Crippen molar-refractivity contribution in [3.63, 3.8) is 0 Å². The number of aromatic nitrogens is 1. The molecule has 1 fully saturated rings. The number of carbonyl (C=O) groups is 1. The molecule has 7 nitrogen and oxygen atoms in total. The van der Waals surface area contributed by atoms with Crippen molar-refractivity contribution in [3.8, 4) is 5.75 Å². The lowest BCUT2D eigenvalue weighted by Crippen LogP contribution is -2.29. The molecule has 2 aromatic rings. The number of hydrogen-bond donors (Lipinski definition) is 2. The second-order valence-electron chi connectivity index (χ2n) is 7.76. The van der Waals surface area contributed by atoms with Crippen LogP contribution in [0.25, 0.3) is 0 Å². The van der Waals surface area contributed by atoms with Gasteiger partial charge >= 0.3 is 0 Å². The minimum Gasteiger partial charge on any atom is -0.492 e. The maximum Gasteiger partial charge on any atom is 0.258 e. The van der Waals surface area contributed by atoms with Gasteiger partial charge in [0.25, 0.3) is 5.91 Å². The van der Waals surface area contributed by atoms with Gasteiger partial charge in [0.05, 0.1) is 41.4 Å². The second-order valence-corrected chi connectivity index (χ2v) is 8.13. The number of nitrogens with two attached hydrogens (primary N) is 1. The lowest BCUT2D eigenvalue weighted by molar-refractivity contribution is 0.0799. The molecule has 0 radical (unpaired) electrons. The number of hydrogen-bond acceptors (Lipinski definition) is 6. The number of allylic oxidation sites excluding steroid dienone is 2. The quantitative estimate of drug-likeness (QED) is 0.570. The molecule has 1 aromatic carbocycles. The molecule has 0 unspecified atom stereocenters. The lowest BCUT2D eigenvalue weighted by atomic mass is 10.1. The van der Waals surface area contributed by atoms with Crippen LogP contribution in [0.4, 0.5) is 8.78 Å². The Morgan fingerprint density at radius 2 is 2.03 bits per heavy atom. The highest BCUT2D eigenvalue weighted by atomic mass is 35.5. The first-order valence-corrected chi connectivity index (χ1v) is 10.8. The third-order valence-electron chi connectivity index (χ3n) is 5.05. The molecule has 1 aromatic heterocycles. The zero-order valence-electron chi connectivity index (χ0n) is 18.7. The van der Waals surface area contributed by atoms with E-state index < -0.39 is 17.5 Å². The fourth-order valence-electron chi connectivity index (χ4n) is 3.26. The number of carbonyl (C=O) groups excluding carboxylic acids is 1. The minimum atomic E-state index is -0.557. The number of benzene rings is 1. The number of amides is 1. The first-order valence-electron chi connectivity index (χ1n) is 10.4. The molecule has 1 saturated heterocycles. The lowest BCUT2D eigenvalue weighted by Gasteiger charge is -2.17. The van der Waals surface area contributed by atoms with Crippen molar-refractivity contribution in [1.29, 1.82) is 5.41 Å². The van der Waals surface area contributed by atoms with E-state index in [-0.39, 0.29) is 36.7 Å². The average Bonchev–Trinajstić information content (AvgIpc) is 3.17. The molecule has 10 heteroatoms. The van der Waals surface area contributed by atoms with Crippen LogP contribution < -0.4 is 10.5 Å². The van der Waals surface area contributed by atoms with E-state index in [9.17, 15) is 13.6 Å². The van der Waals surface area contributed by atoms with Crippen molar-refractivity contribution in [2.24, 2.45) is 10.7 Å². The molecule has 2 heterocycles. The summed E-state index contributed by atoms with van der Waals surface area (Å²) in [5.74, 6) is -1.36. The smallest absolute Gasteiger partial charge is 0.258 e. The van der Waals surface area contributed by atoms with Crippen LogP contribution in [0, 0.1) is 17.0 Å². The van der Waals surface area contributed by atoms with E-state index in [1.165, 1.54) is 35.5 Å². The fraction of sp³-hybridized carbons (Fsp3) is 0.250. The molecule has 0 spiro atoms. The topological polar surface area (TPSA) is 105 Å². The third kappa shape index (κ3) is 6.26. The van der Waals surface area contributed by atoms with E-state index in [1.54, 1.807) is 13.8 Å². The van der Waals surface area contributed by atoms with E-state index in [4.69, 9.17) is 27.5 Å². The maximum atomic E-state index is 13.9. The van der Waals surface area contributed by atoms with Gasteiger partial charge in [-0.05, 0) is 37.6 Å². The first-order chi connectivity index (χ1) is 16.2. The molecule has 0 atom stereocenters. The SMILES string of the molecule is CC(=N\C=C1/CN(C(=O)c2ccc(F)cc2OCCc2cncc(F)c2)CC1=N)/C(Cl)=C(/C)N. The van der Waals surface area contributed by atoms with Crippen LogP contribution in [0.1, 0.15) is 29.8 Å². The summed E-state index contributed by atoms with van der Waals surface area (Å²) in [6, 6.07) is 4.98. The molecule has 0 bridgehead atoms. The molecule has 3 N–H and O–H groups in total. The van der Waals surface area contributed by atoms with Crippen molar-refractivity contribution in [3.05, 3.63) is 81.9 Å². The number of pyridine rings is 1. The predicted molar refractivity (Wildman–Crippen MR) is 127 cm³/mol. The van der Waals surface area contributed by atoms with E-state index in [0.29, 0.717) is 34.0 Å². The summed E-state index contributed by atoms with van der Waals surface area (Å²) in [4.78, 5) is 22.6. The van der Waals surface area contributed by atoms with E-state index >= 15 is 0 Å². The van der Waals surface area contributed by atoms with Gasteiger partial charge in [0.15, 0.2) is 0 Å². The van der Waals surface area contributed by atoms with Gasteiger partial charge < -0.3 is 20.8 Å². The Kier molecular flexibility index (Phi) is 8.12. The van der Waals surface area contributed by atoms with Gasteiger partial charge in [-0.3, -0.25) is 14.8 Å². The van der Waals surface area contributed by atoms with Crippen LogP contribution in [0.5, 0.6) is 5.75 Å². The Hall–Kier alpha value is -3.59. The summed E-state index contributed by atoms with van der Waals surface area (Å²) in [6.07, 6.45) is 4.43. The number of nitrogens with one attached hydrogen (secondary N) is 1. The predicted octanol–water partition coefficient (Wildman–Crippen LogP) is 4.23. The van der Waals surface area contributed by atoms with Gasteiger partial charge in [0.2, 0.25) is 0 Å². The molecular formula is C24H24ClF2N5O2. The second kappa shape index (κ2) is 11.0. The summed E-state index contributed by atoms with van der Waals surface area (Å²) in [5, 5.41) is 8.54. The minimum absolute atomic E-state index is 0.0718. The zero-order valence-corrected chi connectivity index (χ0v) is 19.5. The van der Waals surface area contributed by atoms with Crippen molar-refractivity contribution in [1.82, 2.24) is 9.88 Å². The van der Waals surface area contributed by atoms with Gasteiger partial charge in [0.1, 0.15) is 17.4 Å². The number of halogens is 3. The molecule has 3 rings (SSSR count). The van der Waals surface area contributed by atoms with Crippen molar-refractivity contribution in [2.45, 2.75) is 20.3 Å². The highest BCUT2D eigenvalue weighted by molar-refractivity contribution is 6.43. The van der Waals surface area contributed by atoms with E-state index in [2.05, 4.69) is 9.98 Å². The number of ether oxygens (including phenoxy) is 1. The molecule has 1 amide bonds. The fourth-order valence-corrected chi connectivity index (χ4v) is 3.31. The van der Waals surface area contributed by atoms with Crippen LogP contribution in [-0.2, 0) is 6.42 Å². The van der Waals surface area contributed by atoms with E-state index in [1.807, 2.05) is 0 Å². The summed E-state index contributed by atoms with van der Waals surface area (Å²) >= 11 is 6.08. The Morgan fingerprint density at radius 1 is 1.26 bits per heavy atom. The maximum absolute atomic E-state index is 13.9. The number of rotatable bonds is 7. The largest absolute Gasteiger partial charge is 0.492 e. The van der Waals surface area contributed by atoms with Gasteiger partial charge in [-0.1, -0.05) is 11.6 Å². The Bertz CT molecular complexity index is 1210. The van der Waals surface area contributed by atoms with Gasteiger partial charge in [0, 0.05) is 42.7 Å². The van der Waals surface area contributed by atoms with Crippen LogP contribution in [0.2, 0.25) is 0 Å². The average molecular weight is 488 g/mol. The highest BCUT2D eigenvalue weighted by Gasteiger charge is 2.29. The summed E-state index contributed by atoms with van der Waals surface area (Å²) in [7, 11) is 0. The molecule has 0 aliphatic carbocycles. The molecule has 1 aliphatic heterocycles. The molecule has 178 valence electrons. The zero-order chi connectivity index (χ0) is 24.8. The number of aliphatic imine (C=N–C) groups is 1.